The highest BCUT2D eigenvalue weighted by atomic mass is 15.2. The van der Waals surface area contributed by atoms with Crippen LogP contribution < -0.4 is 16.8 Å². The first-order valence-electron chi connectivity index (χ1n) is 7.38. The zero-order chi connectivity index (χ0) is 15.5. The summed E-state index contributed by atoms with van der Waals surface area (Å²) in [5, 5.41) is 3.22. The van der Waals surface area contributed by atoms with Gasteiger partial charge in [-0.05, 0) is 40.2 Å². The number of imidazole rings is 1. The Morgan fingerprint density at radius 1 is 1.19 bits per heavy atom. The van der Waals surface area contributed by atoms with Crippen LogP contribution >= 0.6 is 0 Å². The Morgan fingerprint density at radius 3 is 2.62 bits per heavy atom. The number of hydrogen-bond acceptors (Lipinski definition) is 6. The number of unbranched alkanes of at least 4 members (excludes halogenated alkanes) is 2. The van der Waals surface area contributed by atoms with Gasteiger partial charge in [-0.1, -0.05) is 6.42 Å². The molecule has 0 bridgehead atoms. The van der Waals surface area contributed by atoms with E-state index in [4.69, 9.17) is 11.5 Å². The molecular formula is C14H25N7. The number of aromatic nitrogens is 4. The third-order valence-corrected chi connectivity index (χ3v) is 3.31. The molecule has 0 aliphatic heterocycles. The van der Waals surface area contributed by atoms with E-state index < -0.39 is 0 Å². The van der Waals surface area contributed by atoms with Gasteiger partial charge in [0.15, 0.2) is 11.5 Å². The monoisotopic (exact) mass is 291 g/mol. The largest absolute Gasteiger partial charge is 0.382 e. The molecule has 0 amide bonds. The van der Waals surface area contributed by atoms with Gasteiger partial charge in [-0.2, -0.15) is 9.97 Å². The first kappa shape index (κ1) is 15.5. The fourth-order valence-electron chi connectivity index (χ4n) is 2.14. The summed E-state index contributed by atoms with van der Waals surface area (Å²) in [5.41, 5.74) is 12.8. The highest BCUT2D eigenvalue weighted by Crippen LogP contribution is 2.24. The second-order valence-corrected chi connectivity index (χ2v) is 6.17. The summed E-state index contributed by atoms with van der Waals surface area (Å²) in [7, 11) is 0. The predicted octanol–water partition coefficient (Wildman–Crippen LogP) is 1.70. The molecule has 0 spiro atoms. The minimum atomic E-state index is -0.103. The molecule has 0 fully saturated rings. The van der Waals surface area contributed by atoms with Crippen molar-refractivity contribution < 1.29 is 0 Å². The number of fused-ring (bicyclic) bond motifs is 1. The molecule has 0 aliphatic carbocycles. The molecule has 2 rings (SSSR count). The van der Waals surface area contributed by atoms with E-state index in [2.05, 4.69) is 41.0 Å². The van der Waals surface area contributed by atoms with E-state index in [9.17, 15) is 0 Å². The Balaban J connectivity index is 2.18. The molecule has 2 aromatic rings. The van der Waals surface area contributed by atoms with Crippen molar-refractivity contribution in [3.05, 3.63) is 6.33 Å². The Kier molecular flexibility index (Phi) is 4.62. The first-order chi connectivity index (χ1) is 9.93. The lowest BCUT2D eigenvalue weighted by Gasteiger charge is -2.21. The van der Waals surface area contributed by atoms with Crippen molar-refractivity contribution >= 4 is 22.9 Å². The summed E-state index contributed by atoms with van der Waals surface area (Å²) >= 11 is 0. The van der Waals surface area contributed by atoms with E-state index in [0.717, 1.165) is 38.0 Å². The lowest BCUT2D eigenvalue weighted by Crippen LogP contribution is -2.21. The molecule has 0 aromatic carbocycles. The summed E-state index contributed by atoms with van der Waals surface area (Å²) in [6, 6.07) is 0. The number of nitrogens with zero attached hydrogens (tertiary/aromatic N) is 4. The number of nitrogens with two attached hydrogens (primary N) is 2. The molecule has 0 saturated heterocycles. The minimum absolute atomic E-state index is 0.103. The van der Waals surface area contributed by atoms with Crippen LogP contribution in [-0.2, 0) is 5.54 Å². The van der Waals surface area contributed by atoms with Crippen molar-refractivity contribution in [1.82, 2.24) is 19.5 Å². The SMILES string of the molecule is CC(C)(C)n1cnc2c(N)nc(NCCCCCN)nc21. The lowest BCUT2D eigenvalue weighted by atomic mass is 10.1. The van der Waals surface area contributed by atoms with E-state index in [0.29, 0.717) is 17.3 Å². The lowest BCUT2D eigenvalue weighted by molar-refractivity contribution is 0.406. The average molecular weight is 291 g/mol. The zero-order valence-corrected chi connectivity index (χ0v) is 13.1. The zero-order valence-electron chi connectivity index (χ0n) is 13.1. The topological polar surface area (TPSA) is 108 Å². The van der Waals surface area contributed by atoms with Gasteiger partial charge in [0.05, 0.1) is 6.33 Å². The third-order valence-electron chi connectivity index (χ3n) is 3.31. The Hall–Kier alpha value is -1.89. The van der Waals surface area contributed by atoms with E-state index >= 15 is 0 Å². The van der Waals surface area contributed by atoms with Crippen molar-refractivity contribution in [3.63, 3.8) is 0 Å². The van der Waals surface area contributed by atoms with Crippen LogP contribution in [0.5, 0.6) is 0 Å². The third kappa shape index (κ3) is 3.60. The molecule has 0 aliphatic rings. The van der Waals surface area contributed by atoms with Gasteiger partial charge in [-0.25, -0.2) is 4.98 Å². The summed E-state index contributed by atoms with van der Waals surface area (Å²) in [6.45, 7) is 7.86. The number of nitrogen functional groups attached to an aromatic ring is 1. The molecule has 0 radical (unpaired) electrons. The first-order valence-corrected chi connectivity index (χ1v) is 7.38. The molecule has 21 heavy (non-hydrogen) atoms. The maximum Gasteiger partial charge on any atom is 0.226 e. The van der Waals surface area contributed by atoms with Crippen molar-refractivity contribution in [2.24, 2.45) is 5.73 Å². The van der Waals surface area contributed by atoms with Crippen LogP contribution in [-0.4, -0.2) is 32.6 Å². The Morgan fingerprint density at radius 2 is 1.95 bits per heavy atom. The van der Waals surface area contributed by atoms with Crippen molar-refractivity contribution in [3.8, 4) is 0 Å². The van der Waals surface area contributed by atoms with Crippen molar-refractivity contribution in [2.75, 3.05) is 24.1 Å². The highest BCUT2D eigenvalue weighted by molar-refractivity contribution is 5.83. The molecule has 0 atom stereocenters. The number of anilines is 2. The molecule has 0 unspecified atom stereocenters. The minimum Gasteiger partial charge on any atom is -0.382 e. The quantitative estimate of drug-likeness (QED) is 0.699. The second kappa shape index (κ2) is 6.26. The van der Waals surface area contributed by atoms with E-state index in [-0.39, 0.29) is 5.54 Å². The molecule has 7 nitrogen and oxygen atoms in total. The van der Waals surface area contributed by atoms with Gasteiger partial charge in [0.25, 0.3) is 0 Å². The van der Waals surface area contributed by atoms with Crippen LogP contribution in [0.15, 0.2) is 6.33 Å². The van der Waals surface area contributed by atoms with E-state index in [1.807, 2.05) is 4.57 Å². The molecule has 0 saturated carbocycles. The molecule has 116 valence electrons. The number of hydrogen-bond donors (Lipinski definition) is 3. The summed E-state index contributed by atoms with van der Waals surface area (Å²) < 4.78 is 2.01. The maximum absolute atomic E-state index is 5.98. The molecule has 7 heteroatoms. The molecule has 2 aromatic heterocycles. The Bertz CT molecular complexity index is 597. The van der Waals surface area contributed by atoms with Crippen LogP contribution in [0.1, 0.15) is 40.0 Å². The fourth-order valence-corrected chi connectivity index (χ4v) is 2.14. The average Bonchev–Trinajstić information content (AvgIpc) is 2.82. The molecule has 2 heterocycles. The smallest absolute Gasteiger partial charge is 0.226 e. The van der Waals surface area contributed by atoms with Crippen LogP contribution in [0, 0.1) is 0 Å². The van der Waals surface area contributed by atoms with E-state index in [1.165, 1.54) is 0 Å². The summed E-state index contributed by atoms with van der Waals surface area (Å²) in [6.07, 6.45) is 4.94. The Labute approximate surface area is 125 Å². The van der Waals surface area contributed by atoms with Crippen LogP contribution in [0.3, 0.4) is 0 Å². The maximum atomic E-state index is 5.98. The second-order valence-electron chi connectivity index (χ2n) is 6.17. The van der Waals surface area contributed by atoms with Gasteiger partial charge in [-0.15, -0.1) is 0 Å². The van der Waals surface area contributed by atoms with Crippen LogP contribution in [0.2, 0.25) is 0 Å². The normalized spacial score (nSPS) is 12.0. The summed E-state index contributed by atoms with van der Waals surface area (Å²) in [4.78, 5) is 13.1. The van der Waals surface area contributed by atoms with Gasteiger partial charge in [0.2, 0.25) is 5.95 Å². The fraction of sp³-hybridized carbons (Fsp3) is 0.643. The summed E-state index contributed by atoms with van der Waals surface area (Å²) in [5.74, 6) is 0.964. The molecular weight excluding hydrogens is 266 g/mol. The van der Waals surface area contributed by atoms with Gasteiger partial charge in [-0.3, -0.25) is 0 Å². The van der Waals surface area contributed by atoms with E-state index in [1.54, 1.807) is 6.33 Å². The standard InChI is InChI=1S/C14H25N7/c1-14(2,3)21-9-18-10-11(16)19-13(20-12(10)21)17-8-6-4-5-7-15/h9H,4-8,15H2,1-3H3,(H3,16,17,19,20). The van der Waals surface area contributed by atoms with Crippen molar-refractivity contribution in [1.29, 1.82) is 0 Å². The van der Waals surface area contributed by atoms with Gasteiger partial charge < -0.3 is 21.4 Å². The van der Waals surface area contributed by atoms with Gasteiger partial charge in [0.1, 0.15) is 5.52 Å². The van der Waals surface area contributed by atoms with Crippen LogP contribution in [0.4, 0.5) is 11.8 Å². The van der Waals surface area contributed by atoms with Gasteiger partial charge in [0, 0.05) is 12.1 Å². The molecule has 5 N–H and O–H groups in total. The van der Waals surface area contributed by atoms with Crippen LogP contribution in [0.25, 0.3) is 11.2 Å². The van der Waals surface area contributed by atoms with Crippen molar-refractivity contribution in [2.45, 2.75) is 45.6 Å². The highest BCUT2D eigenvalue weighted by Gasteiger charge is 2.19. The number of nitrogens with one attached hydrogen (secondary N) is 1. The predicted molar refractivity (Wildman–Crippen MR) is 86.1 cm³/mol. The van der Waals surface area contributed by atoms with Gasteiger partial charge >= 0.3 is 0 Å². The number of rotatable bonds is 6.